The van der Waals surface area contributed by atoms with Crippen molar-refractivity contribution < 1.29 is 19.1 Å². The maximum absolute atomic E-state index is 12.3. The Hall–Kier alpha value is -2.08. The Morgan fingerprint density at radius 3 is 2.38 bits per heavy atom. The summed E-state index contributed by atoms with van der Waals surface area (Å²) in [5, 5.41) is 0. The molecule has 21 heavy (non-hydrogen) atoms. The van der Waals surface area contributed by atoms with Crippen molar-refractivity contribution in [3.63, 3.8) is 0 Å². The normalized spacial score (nSPS) is 31.8. The number of urea groups is 1. The second-order valence-electron chi connectivity index (χ2n) is 5.62. The number of ether oxygens (including phenoxy) is 2. The maximum atomic E-state index is 12.3. The zero-order valence-corrected chi connectivity index (χ0v) is 12.5. The van der Waals surface area contributed by atoms with E-state index in [4.69, 9.17) is 9.47 Å². The van der Waals surface area contributed by atoms with E-state index in [1.807, 2.05) is 24.3 Å². The number of benzene rings is 1. The van der Waals surface area contributed by atoms with Gasteiger partial charge in [-0.1, -0.05) is 12.1 Å². The van der Waals surface area contributed by atoms with Crippen LogP contribution >= 0.6 is 0 Å². The van der Waals surface area contributed by atoms with Crippen LogP contribution in [0.4, 0.5) is 4.79 Å². The van der Waals surface area contributed by atoms with E-state index >= 15 is 0 Å². The summed E-state index contributed by atoms with van der Waals surface area (Å²) in [5.74, 6) is 0.463. The van der Waals surface area contributed by atoms with Crippen LogP contribution in [-0.4, -0.2) is 54.6 Å². The van der Waals surface area contributed by atoms with Crippen LogP contribution in [0, 0.1) is 0 Å². The topological polar surface area (TPSA) is 59.1 Å². The molecule has 0 aliphatic carbocycles. The van der Waals surface area contributed by atoms with Crippen LogP contribution in [0.25, 0.3) is 0 Å². The van der Waals surface area contributed by atoms with Gasteiger partial charge in [-0.3, -0.25) is 9.69 Å². The standard InChI is InChI=1S/C15H18N2O4/c1-15-12(16(2)14(19)17(3)13(15)18)11(21-15)9-5-7-10(20-4)8-6-9/h5-8,11-12H,1-4H3/t11-,12?,15+/m0/s1. The molecular weight excluding hydrogens is 272 g/mol. The second kappa shape index (κ2) is 4.46. The first-order valence-corrected chi connectivity index (χ1v) is 6.77. The summed E-state index contributed by atoms with van der Waals surface area (Å²) in [6.45, 7) is 1.74. The van der Waals surface area contributed by atoms with Gasteiger partial charge in [-0.2, -0.15) is 0 Å². The predicted octanol–water partition coefficient (Wildman–Crippen LogP) is 1.42. The van der Waals surface area contributed by atoms with E-state index in [0.29, 0.717) is 0 Å². The van der Waals surface area contributed by atoms with E-state index in [9.17, 15) is 9.59 Å². The minimum absolute atomic E-state index is 0.290. The number of hydrogen-bond acceptors (Lipinski definition) is 4. The Morgan fingerprint density at radius 1 is 1.19 bits per heavy atom. The number of imide groups is 1. The van der Waals surface area contributed by atoms with Gasteiger partial charge in [0.1, 0.15) is 17.9 Å². The van der Waals surface area contributed by atoms with Gasteiger partial charge in [0.15, 0.2) is 5.60 Å². The molecule has 0 bridgehead atoms. The first kappa shape index (κ1) is 13.9. The van der Waals surface area contributed by atoms with E-state index in [2.05, 4.69) is 0 Å². The van der Waals surface area contributed by atoms with E-state index < -0.39 is 5.60 Å². The molecule has 3 rings (SSSR count). The van der Waals surface area contributed by atoms with Crippen molar-refractivity contribution in [3.8, 4) is 5.75 Å². The summed E-state index contributed by atoms with van der Waals surface area (Å²) in [6.07, 6.45) is -0.299. The molecule has 2 aliphatic rings. The quantitative estimate of drug-likeness (QED) is 0.826. The molecule has 0 aromatic heterocycles. The van der Waals surface area contributed by atoms with Gasteiger partial charge in [0.25, 0.3) is 5.91 Å². The van der Waals surface area contributed by atoms with E-state index in [1.54, 1.807) is 26.0 Å². The average molecular weight is 290 g/mol. The molecule has 2 aliphatic heterocycles. The van der Waals surface area contributed by atoms with Crippen LogP contribution in [0.15, 0.2) is 24.3 Å². The molecule has 0 radical (unpaired) electrons. The van der Waals surface area contributed by atoms with Gasteiger partial charge in [0.2, 0.25) is 0 Å². The van der Waals surface area contributed by atoms with Gasteiger partial charge in [-0.15, -0.1) is 0 Å². The third-order valence-corrected chi connectivity index (χ3v) is 4.40. The van der Waals surface area contributed by atoms with Crippen LogP contribution in [0.1, 0.15) is 18.6 Å². The molecule has 3 amide bonds. The summed E-state index contributed by atoms with van der Waals surface area (Å²) < 4.78 is 11.0. The smallest absolute Gasteiger partial charge is 0.326 e. The van der Waals surface area contributed by atoms with Crippen LogP contribution in [0.2, 0.25) is 0 Å². The number of hydrogen-bond donors (Lipinski definition) is 0. The Kier molecular flexibility index (Phi) is 2.95. The molecule has 1 aromatic rings. The fourth-order valence-corrected chi connectivity index (χ4v) is 3.18. The number of nitrogens with zero attached hydrogens (tertiary/aromatic N) is 2. The Bertz CT molecular complexity index is 600. The average Bonchev–Trinajstić information content (AvgIpc) is 2.49. The predicted molar refractivity (Wildman–Crippen MR) is 74.9 cm³/mol. The molecule has 112 valence electrons. The first-order valence-electron chi connectivity index (χ1n) is 6.77. The molecule has 0 saturated carbocycles. The molecule has 2 saturated heterocycles. The molecule has 6 heteroatoms. The lowest BCUT2D eigenvalue weighted by Gasteiger charge is -2.58. The highest BCUT2D eigenvalue weighted by Crippen LogP contribution is 2.49. The summed E-state index contributed by atoms with van der Waals surface area (Å²) >= 11 is 0. The number of carbonyl (C=O) groups excluding carboxylic acids is 2. The molecular formula is C15H18N2O4. The molecule has 1 unspecified atom stereocenters. The van der Waals surface area contributed by atoms with Crippen LogP contribution in [-0.2, 0) is 9.53 Å². The summed E-state index contributed by atoms with van der Waals surface area (Å²) in [6, 6.07) is 6.88. The largest absolute Gasteiger partial charge is 0.497 e. The summed E-state index contributed by atoms with van der Waals surface area (Å²) in [5.41, 5.74) is -0.0441. The number of fused-ring (bicyclic) bond motifs is 1. The van der Waals surface area contributed by atoms with Gasteiger partial charge in [0.05, 0.1) is 7.11 Å². The maximum Gasteiger partial charge on any atom is 0.326 e. The molecule has 2 fully saturated rings. The lowest BCUT2D eigenvalue weighted by atomic mass is 9.78. The number of amides is 3. The third-order valence-electron chi connectivity index (χ3n) is 4.40. The SMILES string of the molecule is COc1ccc([C@@H]2O[C@@]3(C)C(=O)N(C)C(=O)N(C)C23)cc1. The fraction of sp³-hybridized carbons (Fsp3) is 0.467. The highest BCUT2D eigenvalue weighted by atomic mass is 16.6. The molecule has 0 N–H and O–H groups in total. The second-order valence-corrected chi connectivity index (χ2v) is 5.62. The van der Waals surface area contributed by atoms with Crippen LogP contribution in [0.5, 0.6) is 5.75 Å². The number of methoxy groups -OCH3 is 1. The molecule has 2 heterocycles. The Balaban J connectivity index is 1.91. The first-order chi connectivity index (χ1) is 9.90. The molecule has 1 aromatic carbocycles. The minimum atomic E-state index is -0.970. The minimum Gasteiger partial charge on any atom is -0.497 e. The van der Waals surface area contributed by atoms with Gasteiger partial charge < -0.3 is 14.4 Å². The van der Waals surface area contributed by atoms with E-state index in [-0.39, 0.29) is 24.1 Å². The number of likely N-dealkylation sites (N-methyl/N-ethyl adjacent to an activating group) is 2. The van der Waals surface area contributed by atoms with Crippen LogP contribution in [0.3, 0.4) is 0 Å². The Morgan fingerprint density at radius 2 is 1.81 bits per heavy atom. The highest BCUT2D eigenvalue weighted by molar-refractivity contribution is 6.02. The third kappa shape index (κ3) is 1.75. The van der Waals surface area contributed by atoms with E-state index in [1.165, 1.54) is 7.05 Å². The highest BCUT2D eigenvalue weighted by Gasteiger charge is 2.65. The van der Waals surface area contributed by atoms with Gasteiger partial charge in [-0.05, 0) is 24.6 Å². The summed E-state index contributed by atoms with van der Waals surface area (Å²) in [4.78, 5) is 27.1. The van der Waals surface area contributed by atoms with Crippen molar-refractivity contribution in [2.45, 2.75) is 24.7 Å². The Labute approximate surface area is 123 Å². The van der Waals surface area contributed by atoms with Crippen molar-refractivity contribution in [3.05, 3.63) is 29.8 Å². The number of rotatable bonds is 2. The van der Waals surface area contributed by atoms with Crippen LogP contribution < -0.4 is 4.74 Å². The van der Waals surface area contributed by atoms with Crippen molar-refractivity contribution in [2.24, 2.45) is 0 Å². The van der Waals surface area contributed by atoms with Gasteiger partial charge in [0, 0.05) is 14.1 Å². The van der Waals surface area contributed by atoms with Crippen molar-refractivity contribution >= 4 is 11.9 Å². The van der Waals surface area contributed by atoms with Gasteiger partial charge in [-0.25, -0.2) is 4.79 Å². The molecule has 6 nitrogen and oxygen atoms in total. The monoisotopic (exact) mass is 290 g/mol. The van der Waals surface area contributed by atoms with Gasteiger partial charge >= 0.3 is 6.03 Å². The van der Waals surface area contributed by atoms with Crippen molar-refractivity contribution in [1.82, 2.24) is 9.80 Å². The number of carbonyl (C=O) groups is 2. The van der Waals surface area contributed by atoms with E-state index in [0.717, 1.165) is 16.2 Å². The lowest BCUT2D eigenvalue weighted by molar-refractivity contribution is -0.255. The molecule has 3 atom stereocenters. The zero-order chi connectivity index (χ0) is 15.4. The fourth-order valence-electron chi connectivity index (χ4n) is 3.18. The lowest BCUT2D eigenvalue weighted by Crippen LogP contribution is -2.76. The van der Waals surface area contributed by atoms with Crippen molar-refractivity contribution in [1.29, 1.82) is 0 Å². The van der Waals surface area contributed by atoms with Crippen molar-refractivity contribution in [2.75, 3.05) is 21.2 Å². The summed E-state index contributed by atoms with van der Waals surface area (Å²) in [7, 11) is 4.79. The molecule has 0 spiro atoms. The zero-order valence-electron chi connectivity index (χ0n) is 12.5.